The lowest BCUT2D eigenvalue weighted by molar-refractivity contribution is 0.0264. The van der Waals surface area contributed by atoms with Crippen LogP contribution in [-0.2, 0) is 60.9 Å². The van der Waals surface area contributed by atoms with Gasteiger partial charge in [-0.25, -0.2) is 4.99 Å². The number of nitrogens with zero attached hydrogens (tertiary/aromatic N) is 4. The smallest absolute Gasteiger partial charge is 0.265 e. The van der Waals surface area contributed by atoms with Crippen LogP contribution in [0.15, 0.2) is 102 Å². The van der Waals surface area contributed by atoms with Crippen molar-refractivity contribution < 1.29 is 42.7 Å². The van der Waals surface area contributed by atoms with Gasteiger partial charge in [-0.3, -0.25) is 14.5 Å². The predicted molar refractivity (Wildman–Crippen MR) is 278 cm³/mol. The molecule has 4 aliphatic heterocycles. The van der Waals surface area contributed by atoms with Crippen LogP contribution in [0, 0.1) is 0 Å². The fourth-order valence-electron chi connectivity index (χ4n) is 9.25. The Balaban J connectivity index is 1.01. The summed E-state index contributed by atoms with van der Waals surface area (Å²) in [6.07, 6.45) is 3.43. The molecule has 366 valence electrons. The fraction of sp³-hybridized carbons (Fsp3) is 0.370. The summed E-state index contributed by atoms with van der Waals surface area (Å²) < 4.78 is 41.6. The number of benzene rings is 5. The quantitative estimate of drug-likeness (QED) is 0.0711. The molecule has 0 aromatic heterocycles. The van der Waals surface area contributed by atoms with Crippen molar-refractivity contribution in [1.29, 1.82) is 0 Å². The summed E-state index contributed by atoms with van der Waals surface area (Å²) in [5.74, 6) is 4.63. The van der Waals surface area contributed by atoms with Gasteiger partial charge in [0.25, 0.3) is 11.8 Å². The number of carbonyl (C=O) groups excluding carboxylic acids is 2. The molecular formula is C54H59N5O9S2. The van der Waals surface area contributed by atoms with E-state index in [1.807, 2.05) is 53.4 Å². The van der Waals surface area contributed by atoms with Gasteiger partial charge in [0.1, 0.15) is 13.2 Å². The minimum Gasteiger partial charge on any atom is -0.493 e. The second kappa shape index (κ2) is 21.4. The van der Waals surface area contributed by atoms with Crippen LogP contribution in [0.2, 0.25) is 0 Å². The van der Waals surface area contributed by atoms with Gasteiger partial charge >= 0.3 is 0 Å². The molecule has 14 nitrogen and oxygen atoms in total. The van der Waals surface area contributed by atoms with E-state index in [9.17, 15) is 9.59 Å². The molecule has 1 N–H and O–H groups in total. The molecule has 9 rings (SSSR count). The first-order valence-electron chi connectivity index (χ1n) is 23.4. The van der Waals surface area contributed by atoms with Crippen molar-refractivity contribution in [1.82, 2.24) is 0 Å². The lowest BCUT2D eigenvalue weighted by Gasteiger charge is -2.35. The third kappa shape index (κ3) is 10.3. The van der Waals surface area contributed by atoms with E-state index in [0.29, 0.717) is 110 Å². The summed E-state index contributed by atoms with van der Waals surface area (Å²) in [5, 5.41) is 3.54. The summed E-state index contributed by atoms with van der Waals surface area (Å²) in [6.45, 7) is 8.95. The van der Waals surface area contributed by atoms with Crippen LogP contribution >= 0.6 is 0 Å². The van der Waals surface area contributed by atoms with E-state index in [-0.39, 0.29) is 45.3 Å². The van der Waals surface area contributed by atoms with Crippen LogP contribution in [0.25, 0.3) is 0 Å². The van der Waals surface area contributed by atoms with E-state index in [2.05, 4.69) is 65.4 Å². The second-order valence-electron chi connectivity index (χ2n) is 18.2. The highest BCUT2D eigenvalue weighted by atomic mass is 32.8. The van der Waals surface area contributed by atoms with Crippen LogP contribution in [0.1, 0.15) is 56.8 Å². The molecule has 1 unspecified atom stereocenters. The zero-order valence-electron chi connectivity index (χ0n) is 40.5. The zero-order valence-corrected chi connectivity index (χ0v) is 42.1. The van der Waals surface area contributed by atoms with Crippen molar-refractivity contribution in [2.75, 3.05) is 100 Å². The van der Waals surface area contributed by atoms with Gasteiger partial charge in [0.05, 0.1) is 87.2 Å². The average Bonchev–Trinajstić information content (AvgIpc) is 3.86. The summed E-state index contributed by atoms with van der Waals surface area (Å²) in [6, 6.07) is 29.3. The standard InChI is InChI=1S/C54H59N5O9S2/c1-54(2,70(6)69)34-57(15-16-65-19-20-66-18-17-62-3)39-22-35(32-67-50-28-44-42(26-48(50)63-4)52(60)58-40(30-55-44)24-37-11-7-9-13-46(37)58)21-36(23-39)33-68-51-29-45-43(27-49(51)64-5)53(61)59-41(31-56-45)25-38-12-8-10-14-47(38)59/h7-14,21-23,26-29,40,55H,15-20,24-25,30,32-34H2,1-6H3/t40-,70?/m0/s1. The van der Waals surface area contributed by atoms with Crippen molar-refractivity contribution in [3.8, 4) is 23.0 Å². The SMILES string of the molecule is COCCOCCOCCN(CC(C)(C)S(C)=S)c1cc(COc2cc3c(cc2OC)C(=O)N2C(=C=N3)Cc3ccccc32)cc(COc2cc3c(cc2OC)C(=O)N2c4ccccc4C[C@H]2CN3)c1. The zero-order chi connectivity index (χ0) is 48.9. The number of hydrogen-bond donors (Lipinski definition) is 1. The van der Waals surface area contributed by atoms with E-state index < -0.39 is 0 Å². The number of ether oxygens (including phenoxy) is 7. The number of hydrogen-bond acceptors (Lipinski definition) is 13. The van der Waals surface area contributed by atoms with Crippen LogP contribution in [0.5, 0.6) is 23.0 Å². The molecule has 5 aromatic rings. The van der Waals surface area contributed by atoms with Crippen molar-refractivity contribution in [3.05, 3.63) is 130 Å². The van der Waals surface area contributed by atoms with Gasteiger partial charge in [-0.1, -0.05) is 47.6 Å². The number of nitrogens with one attached hydrogen (secondary N) is 1. The van der Waals surface area contributed by atoms with E-state index in [1.54, 1.807) is 44.4 Å². The maximum absolute atomic E-state index is 14.2. The van der Waals surface area contributed by atoms with Gasteiger partial charge < -0.3 is 48.3 Å². The van der Waals surface area contributed by atoms with Crippen LogP contribution in [0.4, 0.5) is 28.4 Å². The lowest BCUT2D eigenvalue weighted by atomic mass is 10.1. The van der Waals surface area contributed by atoms with Gasteiger partial charge in [0.2, 0.25) is 0 Å². The molecule has 0 saturated carbocycles. The van der Waals surface area contributed by atoms with E-state index in [4.69, 9.17) is 44.3 Å². The van der Waals surface area contributed by atoms with Crippen molar-refractivity contribution in [2.24, 2.45) is 4.99 Å². The molecule has 0 fully saturated rings. The average molecular weight is 986 g/mol. The van der Waals surface area contributed by atoms with E-state index in [0.717, 1.165) is 45.7 Å². The number of carbonyl (C=O) groups is 2. The first-order chi connectivity index (χ1) is 34.0. The fourth-order valence-corrected chi connectivity index (χ4v) is 9.75. The predicted octanol–water partition coefficient (Wildman–Crippen LogP) is 8.24. The highest BCUT2D eigenvalue weighted by molar-refractivity contribution is 8.29. The van der Waals surface area contributed by atoms with Crippen LogP contribution < -0.4 is 39.0 Å². The molecule has 0 bridgehead atoms. The molecule has 4 heterocycles. The maximum Gasteiger partial charge on any atom is 0.265 e. The van der Waals surface area contributed by atoms with E-state index >= 15 is 0 Å². The minimum atomic E-state index is -0.328. The van der Waals surface area contributed by atoms with Gasteiger partial charge in [0.15, 0.2) is 23.0 Å². The first-order valence-corrected chi connectivity index (χ1v) is 26.0. The first kappa shape index (κ1) is 48.8. The normalized spacial score (nSPS) is 15.9. The Hall–Kier alpha value is -6.26. The Morgan fingerprint density at radius 1 is 0.771 bits per heavy atom. The molecular weight excluding hydrogens is 927 g/mol. The number of aliphatic imine (C=N–C) groups is 1. The monoisotopic (exact) mass is 985 g/mol. The van der Waals surface area contributed by atoms with Crippen molar-refractivity contribution >= 4 is 66.8 Å². The Labute approximate surface area is 416 Å². The Kier molecular flexibility index (Phi) is 14.9. The van der Waals surface area contributed by atoms with Gasteiger partial charge in [0, 0.05) is 67.3 Å². The number of para-hydroxylation sites is 2. The largest absolute Gasteiger partial charge is 0.493 e. The third-order valence-electron chi connectivity index (χ3n) is 13.1. The molecule has 16 heteroatoms. The lowest BCUT2D eigenvalue weighted by Crippen LogP contribution is -2.43. The number of fused-ring (bicyclic) bond motifs is 8. The Morgan fingerprint density at radius 2 is 1.41 bits per heavy atom. The highest BCUT2D eigenvalue weighted by Crippen LogP contribution is 2.43. The molecule has 5 aromatic carbocycles. The summed E-state index contributed by atoms with van der Waals surface area (Å²) >= 11 is 5.89. The third-order valence-corrected chi connectivity index (χ3v) is 16.1. The number of rotatable bonds is 21. The number of methoxy groups -OCH3 is 3. The molecule has 0 aliphatic carbocycles. The number of allylic oxidation sites excluding steroid dienone is 1. The second-order valence-corrected chi connectivity index (χ2v) is 21.7. The number of anilines is 4. The molecule has 0 saturated heterocycles. The summed E-state index contributed by atoms with van der Waals surface area (Å²) in [5.41, 5.74) is 9.38. The molecule has 0 radical (unpaired) electrons. The minimum absolute atomic E-state index is 0.0120. The van der Waals surface area contributed by atoms with Gasteiger partial charge in [-0.2, -0.15) is 0 Å². The Bertz CT molecular complexity index is 2880. The van der Waals surface area contributed by atoms with Crippen LogP contribution in [-0.4, -0.2) is 109 Å². The van der Waals surface area contributed by atoms with Crippen molar-refractivity contribution in [2.45, 2.75) is 50.7 Å². The highest BCUT2D eigenvalue weighted by Gasteiger charge is 2.38. The molecule has 0 spiro atoms. The molecule has 4 aliphatic rings. The number of amides is 2. The molecule has 2 atom stereocenters. The Morgan fingerprint density at radius 3 is 2.11 bits per heavy atom. The van der Waals surface area contributed by atoms with Crippen molar-refractivity contribution in [3.63, 3.8) is 0 Å². The summed E-state index contributed by atoms with van der Waals surface area (Å²) in [7, 11) is 4.46. The molecule has 70 heavy (non-hydrogen) atoms. The topological polar surface area (TPSA) is 133 Å². The van der Waals surface area contributed by atoms with Gasteiger partial charge in [-0.15, -0.1) is 9.45 Å². The van der Waals surface area contributed by atoms with Crippen LogP contribution in [0.3, 0.4) is 0 Å². The molecule has 2 amide bonds. The maximum atomic E-state index is 14.2. The van der Waals surface area contributed by atoms with E-state index in [1.165, 1.54) is 0 Å². The van der Waals surface area contributed by atoms with Gasteiger partial charge in [-0.05, 0) is 91.2 Å². The summed E-state index contributed by atoms with van der Waals surface area (Å²) in [4.78, 5) is 38.8.